The maximum absolute atomic E-state index is 11.4. The molecule has 0 radical (unpaired) electrons. The average Bonchev–Trinajstić information content (AvgIpc) is 2.33. The van der Waals surface area contributed by atoms with Crippen LogP contribution in [0.4, 0.5) is 5.69 Å². The first-order chi connectivity index (χ1) is 8.18. The first-order valence-corrected chi connectivity index (χ1v) is 6.00. The Morgan fingerprint density at radius 2 is 2.06 bits per heavy atom. The summed E-state index contributed by atoms with van der Waals surface area (Å²) < 4.78 is 0. The van der Waals surface area contributed by atoms with Gasteiger partial charge in [0.2, 0.25) is 0 Å². The van der Waals surface area contributed by atoms with Crippen molar-refractivity contribution in [2.75, 3.05) is 12.3 Å². The molecule has 1 aliphatic heterocycles. The molecule has 2 atom stereocenters. The predicted octanol–water partition coefficient (Wildman–Crippen LogP) is 1.58. The number of nitrogens with two attached hydrogens (primary N) is 1. The number of hydrogen-bond acceptors (Lipinski definition) is 3. The molecule has 2 rings (SSSR count). The van der Waals surface area contributed by atoms with Crippen molar-refractivity contribution in [2.45, 2.75) is 31.2 Å². The Morgan fingerprint density at radius 3 is 2.59 bits per heavy atom. The van der Waals surface area contributed by atoms with E-state index < -0.39 is 11.9 Å². The van der Waals surface area contributed by atoms with Crippen molar-refractivity contribution >= 4 is 11.7 Å². The topological polar surface area (TPSA) is 75.4 Å². The Bertz CT molecular complexity index is 383. The molecule has 0 aliphatic carbocycles. The maximum atomic E-state index is 11.4. The van der Waals surface area contributed by atoms with Gasteiger partial charge < -0.3 is 16.2 Å². The largest absolute Gasteiger partial charge is 0.481 e. The van der Waals surface area contributed by atoms with Crippen molar-refractivity contribution in [3.05, 3.63) is 29.8 Å². The van der Waals surface area contributed by atoms with E-state index in [1.807, 2.05) is 12.1 Å². The van der Waals surface area contributed by atoms with Crippen LogP contribution >= 0.6 is 0 Å². The normalized spacial score (nSPS) is 22.0. The lowest BCUT2D eigenvalue weighted by Gasteiger charge is -2.29. The molecule has 92 valence electrons. The van der Waals surface area contributed by atoms with Crippen LogP contribution in [0.2, 0.25) is 0 Å². The van der Waals surface area contributed by atoms with Crippen molar-refractivity contribution in [2.24, 2.45) is 0 Å². The molecule has 0 bridgehead atoms. The lowest BCUT2D eigenvalue weighted by Crippen LogP contribution is -2.41. The lowest BCUT2D eigenvalue weighted by atomic mass is 9.86. The maximum Gasteiger partial charge on any atom is 0.312 e. The molecule has 1 heterocycles. The summed E-state index contributed by atoms with van der Waals surface area (Å²) >= 11 is 0. The van der Waals surface area contributed by atoms with E-state index in [4.69, 9.17) is 5.73 Å². The van der Waals surface area contributed by atoms with Crippen LogP contribution in [0.3, 0.4) is 0 Å². The SMILES string of the molecule is Nc1ccc([C@H](C(=O)O)[C@@H]2CCCCN2)cc1. The first-order valence-electron chi connectivity index (χ1n) is 6.00. The monoisotopic (exact) mass is 234 g/mol. The standard InChI is InChI=1S/C13H18N2O2/c14-10-6-4-9(5-7-10)12(13(16)17)11-3-1-2-8-15-11/h4-7,11-12,15H,1-3,8,14H2,(H,16,17)/t11-,12-/m0/s1. The molecule has 1 aliphatic rings. The van der Waals surface area contributed by atoms with E-state index in [1.165, 1.54) is 0 Å². The van der Waals surface area contributed by atoms with Crippen LogP contribution in [-0.4, -0.2) is 23.7 Å². The molecule has 4 nitrogen and oxygen atoms in total. The summed E-state index contributed by atoms with van der Waals surface area (Å²) in [6, 6.07) is 7.17. The van der Waals surface area contributed by atoms with Gasteiger partial charge in [0.25, 0.3) is 0 Å². The second kappa shape index (κ2) is 5.19. The van der Waals surface area contributed by atoms with Gasteiger partial charge in [0.1, 0.15) is 0 Å². The van der Waals surface area contributed by atoms with Crippen LogP contribution in [0, 0.1) is 0 Å². The van der Waals surface area contributed by atoms with Crippen molar-refractivity contribution < 1.29 is 9.90 Å². The van der Waals surface area contributed by atoms with E-state index in [9.17, 15) is 9.90 Å². The highest BCUT2D eigenvalue weighted by Gasteiger charge is 2.30. The van der Waals surface area contributed by atoms with Gasteiger partial charge in [0.05, 0.1) is 5.92 Å². The number of rotatable bonds is 3. The van der Waals surface area contributed by atoms with Gasteiger partial charge in [0.15, 0.2) is 0 Å². The quantitative estimate of drug-likeness (QED) is 0.694. The van der Waals surface area contributed by atoms with Gasteiger partial charge in [-0.2, -0.15) is 0 Å². The van der Waals surface area contributed by atoms with Gasteiger partial charge in [0, 0.05) is 11.7 Å². The number of carboxylic acids is 1. The zero-order valence-electron chi connectivity index (χ0n) is 9.73. The summed E-state index contributed by atoms with van der Waals surface area (Å²) in [5.74, 6) is -1.25. The van der Waals surface area contributed by atoms with Crippen LogP contribution in [0.1, 0.15) is 30.7 Å². The zero-order valence-corrected chi connectivity index (χ0v) is 9.73. The van der Waals surface area contributed by atoms with Crippen molar-refractivity contribution in [1.82, 2.24) is 5.32 Å². The second-order valence-corrected chi connectivity index (χ2v) is 4.54. The Labute approximate surface area is 101 Å². The Balaban J connectivity index is 2.21. The molecule has 0 unspecified atom stereocenters. The highest BCUT2D eigenvalue weighted by atomic mass is 16.4. The first kappa shape index (κ1) is 11.9. The Hall–Kier alpha value is -1.55. The number of benzene rings is 1. The Morgan fingerprint density at radius 1 is 1.35 bits per heavy atom. The third kappa shape index (κ3) is 2.77. The smallest absolute Gasteiger partial charge is 0.312 e. The molecule has 1 aromatic carbocycles. The van der Waals surface area contributed by atoms with Gasteiger partial charge >= 0.3 is 5.97 Å². The van der Waals surface area contributed by atoms with Crippen molar-refractivity contribution in [3.8, 4) is 0 Å². The van der Waals surface area contributed by atoms with Gasteiger partial charge in [-0.25, -0.2) is 0 Å². The lowest BCUT2D eigenvalue weighted by molar-refractivity contribution is -0.139. The molecule has 1 fully saturated rings. The van der Waals surface area contributed by atoms with Crippen LogP contribution in [0.25, 0.3) is 0 Å². The summed E-state index contributed by atoms with van der Waals surface area (Å²) in [6.45, 7) is 0.906. The highest BCUT2D eigenvalue weighted by molar-refractivity contribution is 5.77. The molecular formula is C13H18N2O2. The molecular weight excluding hydrogens is 216 g/mol. The summed E-state index contributed by atoms with van der Waals surface area (Å²) in [5, 5.41) is 12.7. The number of anilines is 1. The third-order valence-corrected chi connectivity index (χ3v) is 3.31. The van der Waals surface area contributed by atoms with E-state index in [1.54, 1.807) is 12.1 Å². The number of carboxylic acid groups (broad SMARTS) is 1. The Kier molecular flexibility index (Phi) is 3.64. The minimum Gasteiger partial charge on any atom is -0.481 e. The van der Waals surface area contributed by atoms with E-state index in [2.05, 4.69) is 5.32 Å². The number of nitrogens with one attached hydrogen (secondary N) is 1. The van der Waals surface area contributed by atoms with Crippen LogP contribution in [0.15, 0.2) is 24.3 Å². The molecule has 1 aromatic rings. The van der Waals surface area contributed by atoms with Gasteiger partial charge in [-0.3, -0.25) is 4.79 Å². The summed E-state index contributed by atoms with van der Waals surface area (Å²) in [4.78, 5) is 11.4. The fourth-order valence-electron chi connectivity index (χ4n) is 2.41. The molecule has 1 saturated heterocycles. The van der Waals surface area contributed by atoms with E-state index >= 15 is 0 Å². The number of aliphatic carboxylic acids is 1. The highest BCUT2D eigenvalue weighted by Crippen LogP contribution is 2.26. The number of nitrogen functional groups attached to an aromatic ring is 1. The van der Waals surface area contributed by atoms with Gasteiger partial charge in [-0.1, -0.05) is 18.6 Å². The number of carbonyl (C=O) groups is 1. The number of hydrogen-bond donors (Lipinski definition) is 3. The van der Waals surface area contributed by atoms with E-state index in [0.717, 1.165) is 31.4 Å². The predicted molar refractivity (Wildman–Crippen MR) is 66.9 cm³/mol. The molecule has 0 aromatic heterocycles. The molecule has 17 heavy (non-hydrogen) atoms. The second-order valence-electron chi connectivity index (χ2n) is 4.54. The van der Waals surface area contributed by atoms with Crippen LogP contribution in [-0.2, 0) is 4.79 Å². The molecule has 4 N–H and O–H groups in total. The number of piperidine rings is 1. The summed E-state index contributed by atoms with van der Waals surface area (Å²) in [6.07, 6.45) is 3.14. The average molecular weight is 234 g/mol. The molecule has 0 amide bonds. The minimum absolute atomic E-state index is 0.0323. The van der Waals surface area contributed by atoms with Crippen molar-refractivity contribution in [3.63, 3.8) is 0 Å². The van der Waals surface area contributed by atoms with E-state index in [-0.39, 0.29) is 6.04 Å². The minimum atomic E-state index is -0.769. The van der Waals surface area contributed by atoms with E-state index in [0.29, 0.717) is 5.69 Å². The van der Waals surface area contributed by atoms with Crippen LogP contribution in [0.5, 0.6) is 0 Å². The molecule has 0 saturated carbocycles. The zero-order chi connectivity index (χ0) is 12.3. The fourth-order valence-corrected chi connectivity index (χ4v) is 2.41. The summed E-state index contributed by atoms with van der Waals surface area (Å²) in [5.41, 5.74) is 7.10. The van der Waals surface area contributed by atoms with Crippen LogP contribution < -0.4 is 11.1 Å². The fraction of sp³-hybridized carbons (Fsp3) is 0.462. The molecule has 0 spiro atoms. The van der Waals surface area contributed by atoms with Gasteiger partial charge in [-0.05, 0) is 37.1 Å². The van der Waals surface area contributed by atoms with Crippen molar-refractivity contribution in [1.29, 1.82) is 0 Å². The third-order valence-electron chi connectivity index (χ3n) is 3.31. The molecule has 4 heteroatoms. The van der Waals surface area contributed by atoms with Gasteiger partial charge in [-0.15, -0.1) is 0 Å². The summed E-state index contributed by atoms with van der Waals surface area (Å²) in [7, 11) is 0.